The first-order chi connectivity index (χ1) is 10.0. The lowest BCUT2D eigenvalue weighted by molar-refractivity contribution is -0.156. The van der Waals surface area contributed by atoms with Gasteiger partial charge < -0.3 is 15.0 Å². The highest BCUT2D eigenvalue weighted by Crippen LogP contribution is 2.33. The molecule has 0 radical (unpaired) electrons. The maximum Gasteiger partial charge on any atom is 0.249 e. The number of carbonyl (C=O) groups excluding carboxylic acids is 2. The van der Waals surface area contributed by atoms with Crippen LogP contribution in [0.15, 0.2) is 30.3 Å². The van der Waals surface area contributed by atoms with Gasteiger partial charge >= 0.3 is 0 Å². The Hall–Kier alpha value is -1.88. The summed E-state index contributed by atoms with van der Waals surface area (Å²) in [6.45, 7) is 4.63. The van der Waals surface area contributed by atoms with Crippen molar-refractivity contribution < 1.29 is 14.3 Å². The molecule has 1 aromatic carbocycles. The molecular formula is C16H20N2O3. The van der Waals surface area contributed by atoms with Gasteiger partial charge in [-0.3, -0.25) is 9.59 Å². The Bertz CT molecular complexity index is 550. The van der Waals surface area contributed by atoms with Gasteiger partial charge in [-0.15, -0.1) is 0 Å². The maximum absolute atomic E-state index is 12.8. The van der Waals surface area contributed by atoms with Gasteiger partial charge in [-0.25, -0.2) is 0 Å². The maximum atomic E-state index is 12.8. The molecular weight excluding hydrogens is 268 g/mol. The van der Waals surface area contributed by atoms with Crippen molar-refractivity contribution in [1.82, 2.24) is 10.2 Å². The van der Waals surface area contributed by atoms with Gasteiger partial charge in [0, 0.05) is 6.61 Å². The average molecular weight is 288 g/mol. The van der Waals surface area contributed by atoms with Gasteiger partial charge in [-0.1, -0.05) is 30.3 Å². The van der Waals surface area contributed by atoms with Crippen LogP contribution >= 0.6 is 0 Å². The van der Waals surface area contributed by atoms with E-state index in [9.17, 15) is 9.59 Å². The monoisotopic (exact) mass is 288 g/mol. The average Bonchev–Trinajstić information content (AvgIpc) is 2.96. The van der Waals surface area contributed by atoms with Gasteiger partial charge in [0.15, 0.2) is 0 Å². The standard InChI is InChI=1S/C16H20N2O3/c1-16(2)15(20)18(12-8-9-21-10-12)13(14(19)17-16)11-6-4-3-5-7-11/h3-7,12-13H,8-10H2,1-2H3,(H,17,19). The highest BCUT2D eigenvalue weighted by Gasteiger charge is 2.48. The molecule has 1 aromatic rings. The zero-order valence-electron chi connectivity index (χ0n) is 12.3. The van der Waals surface area contributed by atoms with Crippen molar-refractivity contribution in [3.8, 4) is 0 Å². The molecule has 0 aromatic heterocycles. The van der Waals surface area contributed by atoms with Crippen molar-refractivity contribution in [2.45, 2.75) is 37.9 Å². The van der Waals surface area contributed by atoms with E-state index in [-0.39, 0.29) is 17.9 Å². The Labute approximate surface area is 124 Å². The van der Waals surface area contributed by atoms with E-state index >= 15 is 0 Å². The molecule has 2 aliphatic rings. The molecule has 5 nitrogen and oxygen atoms in total. The van der Waals surface area contributed by atoms with Crippen LogP contribution in [-0.2, 0) is 14.3 Å². The molecule has 21 heavy (non-hydrogen) atoms. The molecule has 2 unspecified atom stereocenters. The number of hydrogen-bond donors (Lipinski definition) is 1. The number of piperazine rings is 1. The fraction of sp³-hybridized carbons (Fsp3) is 0.500. The SMILES string of the molecule is CC1(C)NC(=O)C(c2ccccc2)N(C2CCOC2)C1=O. The molecule has 2 saturated heterocycles. The first-order valence-corrected chi connectivity index (χ1v) is 7.28. The molecule has 1 N–H and O–H groups in total. The summed E-state index contributed by atoms with van der Waals surface area (Å²) in [5, 5.41) is 2.84. The third-order valence-electron chi connectivity index (χ3n) is 4.15. The molecule has 5 heteroatoms. The van der Waals surface area contributed by atoms with Crippen LogP contribution in [0.25, 0.3) is 0 Å². The third-order valence-corrected chi connectivity index (χ3v) is 4.15. The minimum absolute atomic E-state index is 0.0342. The summed E-state index contributed by atoms with van der Waals surface area (Å²) in [6, 6.07) is 8.84. The number of nitrogens with one attached hydrogen (secondary N) is 1. The van der Waals surface area contributed by atoms with Crippen molar-refractivity contribution in [3.63, 3.8) is 0 Å². The fourth-order valence-corrected chi connectivity index (χ4v) is 3.06. The highest BCUT2D eigenvalue weighted by atomic mass is 16.5. The molecule has 0 aliphatic carbocycles. The van der Waals surface area contributed by atoms with Crippen LogP contribution in [0, 0.1) is 0 Å². The van der Waals surface area contributed by atoms with E-state index in [1.165, 1.54) is 0 Å². The molecule has 0 saturated carbocycles. The lowest BCUT2D eigenvalue weighted by Crippen LogP contribution is -2.66. The van der Waals surface area contributed by atoms with Crippen LogP contribution < -0.4 is 5.32 Å². The largest absolute Gasteiger partial charge is 0.379 e. The second-order valence-electron chi connectivity index (χ2n) is 6.16. The molecule has 0 spiro atoms. The number of rotatable bonds is 2. The van der Waals surface area contributed by atoms with E-state index in [1.807, 2.05) is 30.3 Å². The van der Waals surface area contributed by atoms with Crippen LogP contribution in [0.2, 0.25) is 0 Å². The van der Waals surface area contributed by atoms with Crippen LogP contribution in [0.4, 0.5) is 0 Å². The highest BCUT2D eigenvalue weighted by molar-refractivity contribution is 6.00. The number of nitrogens with zero attached hydrogens (tertiary/aromatic N) is 1. The van der Waals surface area contributed by atoms with Gasteiger partial charge in [0.1, 0.15) is 11.6 Å². The summed E-state index contributed by atoms with van der Waals surface area (Å²) in [4.78, 5) is 27.1. The summed E-state index contributed by atoms with van der Waals surface area (Å²) in [5.74, 6) is -0.177. The van der Waals surface area contributed by atoms with E-state index in [1.54, 1.807) is 18.7 Å². The zero-order valence-corrected chi connectivity index (χ0v) is 12.3. The van der Waals surface area contributed by atoms with E-state index in [0.29, 0.717) is 13.2 Å². The summed E-state index contributed by atoms with van der Waals surface area (Å²) >= 11 is 0. The van der Waals surface area contributed by atoms with Gasteiger partial charge in [-0.2, -0.15) is 0 Å². The quantitative estimate of drug-likeness (QED) is 0.891. The lowest BCUT2D eigenvalue weighted by Gasteiger charge is -2.45. The Morgan fingerprint density at radius 1 is 1.24 bits per heavy atom. The zero-order chi connectivity index (χ0) is 15.0. The molecule has 2 fully saturated rings. The van der Waals surface area contributed by atoms with Crippen molar-refractivity contribution in [2.24, 2.45) is 0 Å². The van der Waals surface area contributed by atoms with Crippen molar-refractivity contribution in [2.75, 3.05) is 13.2 Å². The molecule has 112 valence electrons. The lowest BCUT2D eigenvalue weighted by atomic mass is 9.91. The topological polar surface area (TPSA) is 58.6 Å². The summed E-state index contributed by atoms with van der Waals surface area (Å²) < 4.78 is 5.42. The van der Waals surface area contributed by atoms with Crippen molar-refractivity contribution >= 4 is 11.8 Å². The van der Waals surface area contributed by atoms with Gasteiger partial charge in [0.05, 0.1) is 12.6 Å². The molecule has 2 atom stereocenters. The number of hydrogen-bond acceptors (Lipinski definition) is 3. The molecule has 2 heterocycles. The van der Waals surface area contributed by atoms with E-state index in [0.717, 1.165) is 12.0 Å². The minimum atomic E-state index is -0.870. The van der Waals surface area contributed by atoms with E-state index < -0.39 is 11.6 Å². The number of benzene rings is 1. The molecule has 3 rings (SSSR count). The Morgan fingerprint density at radius 3 is 2.57 bits per heavy atom. The van der Waals surface area contributed by atoms with Crippen LogP contribution in [0.5, 0.6) is 0 Å². The minimum Gasteiger partial charge on any atom is -0.379 e. The number of ether oxygens (including phenoxy) is 1. The first-order valence-electron chi connectivity index (χ1n) is 7.28. The summed E-state index contributed by atoms with van der Waals surface area (Å²) in [6.07, 6.45) is 0.776. The first kappa shape index (κ1) is 14.1. The predicted octanol–water partition coefficient (Wildman–Crippen LogP) is 1.25. The Morgan fingerprint density at radius 2 is 1.95 bits per heavy atom. The number of carbonyl (C=O) groups is 2. The predicted molar refractivity (Wildman–Crippen MR) is 77.5 cm³/mol. The van der Waals surface area contributed by atoms with Gasteiger partial charge in [0.2, 0.25) is 11.8 Å². The van der Waals surface area contributed by atoms with Gasteiger partial charge in [-0.05, 0) is 25.8 Å². The fourth-order valence-electron chi connectivity index (χ4n) is 3.06. The van der Waals surface area contributed by atoms with Crippen LogP contribution in [0.3, 0.4) is 0 Å². The summed E-state index contributed by atoms with van der Waals surface area (Å²) in [5.41, 5.74) is -0.0314. The van der Waals surface area contributed by atoms with E-state index in [2.05, 4.69) is 5.32 Å². The van der Waals surface area contributed by atoms with E-state index in [4.69, 9.17) is 4.74 Å². The number of amides is 2. The van der Waals surface area contributed by atoms with Gasteiger partial charge in [0.25, 0.3) is 0 Å². The Balaban J connectivity index is 2.02. The van der Waals surface area contributed by atoms with Crippen LogP contribution in [-0.4, -0.2) is 41.5 Å². The second-order valence-corrected chi connectivity index (χ2v) is 6.16. The molecule has 0 bridgehead atoms. The molecule has 2 amide bonds. The molecule has 2 aliphatic heterocycles. The Kier molecular flexibility index (Phi) is 3.45. The van der Waals surface area contributed by atoms with Crippen LogP contribution in [0.1, 0.15) is 31.9 Å². The third kappa shape index (κ3) is 2.42. The normalized spacial score (nSPS) is 28.6. The summed E-state index contributed by atoms with van der Waals surface area (Å²) in [7, 11) is 0. The van der Waals surface area contributed by atoms with Crippen molar-refractivity contribution in [3.05, 3.63) is 35.9 Å². The second kappa shape index (κ2) is 5.15. The smallest absolute Gasteiger partial charge is 0.249 e. The van der Waals surface area contributed by atoms with Crippen molar-refractivity contribution in [1.29, 1.82) is 0 Å².